The number of esters is 2. The Morgan fingerprint density at radius 2 is 1.32 bits per heavy atom. The molecule has 122 valence electrons. The topological polar surface area (TPSA) is 71.1 Å². The van der Waals surface area contributed by atoms with E-state index in [0.29, 0.717) is 13.2 Å². The molecule has 0 bridgehead atoms. The zero-order valence-electron chi connectivity index (χ0n) is 13.0. The van der Waals surface area contributed by atoms with Gasteiger partial charge in [-0.15, -0.1) is 0 Å². The van der Waals surface area contributed by atoms with Crippen LogP contribution in [-0.2, 0) is 18.9 Å². The summed E-state index contributed by atoms with van der Waals surface area (Å²) >= 11 is 0. The fourth-order valence-electron chi connectivity index (χ4n) is 1.54. The van der Waals surface area contributed by atoms with E-state index < -0.39 is 11.9 Å². The van der Waals surface area contributed by atoms with Crippen molar-refractivity contribution in [2.75, 3.05) is 26.8 Å². The summed E-state index contributed by atoms with van der Waals surface area (Å²) in [5.41, 5.74) is 0.535. The largest absolute Gasteiger partial charge is 0.435 e. The van der Waals surface area contributed by atoms with Crippen LogP contribution in [0.1, 0.15) is 47.4 Å². The average Bonchev–Trinajstić information content (AvgIpc) is 2.55. The number of benzene rings is 1. The molecule has 0 unspecified atom stereocenters. The van der Waals surface area contributed by atoms with Gasteiger partial charge in [0, 0.05) is 0 Å². The number of carbonyl (C=O) groups excluding carboxylic acids is 2. The van der Waals surface area contributed by atoms with Gasteiger partial charge in [-0.25, -0.2) is 9.59 Å². The van der Waals surface area contributed by atoms with Gasteiger partial charge in [-0.1, -0.05) is 19.9 Å². The van der Waals surface area contributed by atoms with Gasteiger partial charge >= 0.3 is 11.9 Å². The summed E-state index contributed by atoms with van der Waals surface area (Å²) < 4.78 is 20.0. The quantitative estimate of drug-likeness (QED) is 0.376. The van der Waals surface area contributed by atoms with Crippen molar-refractivity contribution in [3.05, 3.63) is 35.4 Å². The van der Waals surface area contributed by atoms with Crippen LogP contribution >= 0.6 is 0 Å². The number of hydrogen-bond acceptors (Lipinski definition) is 6. The number of hydrogen-bond donors (Lipinski definition) is 0. The van der Waals surface area contributed by atoms with Crippen molar-refractivity contribution in [2.24, 2.45) is 0 Å². The minimum absolute atomic E-state index is 0.105. The molecule has 0 aliphatic carbocycles. The van der Waals surface area contributed by atoms with Crippen LogP contribution in [0.3, 0.4) is 0 Å². The van der Waals surface area contributed by atoms with Gasteiger partial charge in [-0.2, -0.15) is 0 Å². The molecule has 1 aromatic rings. The number of carbonyl (C=O) groups is 2. The molecule has 0 aliphatic heterocycles. The highest BCUT2D eigenvalue weighted by Gasteiger charge is 2.12. The maximum Gasteiger partial charge on any atom is 0.340 e. The number of ether oxygens (including phenoxy) is 4. The lowest BCUT2D eigenvalue weighted by Gasteiger charge is -2.07. The van der Waals surface area contributed by atoms with E-state index >= 15 is 0 Å². The van der Waals surface area contributed by atoms with Gasteiger partial charge in [0.15, 0.2) is 13.6 Å². The van der Waals surface area contributed by atoms with Crippen molar-refractivity contribution < 1.29 is 28.5 Å². The molecule has 6 heteroatoms. The Bertz CT molecular complexity index is 432. The molecule has 6 nitrogen and oxygen atoms in total. The predicted molar refractivity (Wildman–Crippen MR) is 79.5 cm³/mol. The standard InChI is InChI=1S/C16H22O6/c1-3-8-19-11-21-15(17)13-6-5-7-14(10-13)16(18)22-12-20-9-4-2/h5-7,10H,3-4,8-9,11-12H2,1-2H3. The summed E-state index contributed by atoms with van der Waals surface area (Å²) in [6, 6.07) is 6.14. The highest BCUT2D eigenvalue weighted by atomic mass is 16.7. The van der Waals surface area contributed by atoms with Crippen LogP contribution in [0.4, 0.5) is 0 Å². The fraction of sp³-hybridized carbons (Fsp3) is 0.500. The van der Waals surface area contributed by atoms with E-state index in [-0.39, 0.29) is 24.7 Å². The Hall–Kier alpha value is -1.92. The van der Waals surface area contributed by atoms with Crippen molar-refractivity contribution in [3.8, 4) is 0 Å². The third kappa shape index (κ3) is 6.69. The fourth-order valence-corrected chi connectivity index (χ4v) is 1.54. The Morgan fingerprint density at radius 3 is 1.73 bits per heavy atom. The smallest absolute Gasteiger partial charge is 0.340 e. The molecule has 0 saturated heterocycles. The first kappa shape index (κ1) is 18.1. The summed E-state index contributed by atoms with van der Waals surface area (Å²) in [6.07, 6.45) is 1.69. The van der Waals surface area contributed by atoms with Gasteiger partial charge in [0.05, 0.1) is 24.3 Å². The van der Waals surface area contributed by atoms with Crippen LogP contribution in [0.5, 0.6) is 0 Å². The summed E-state index contributed by atoms with van der Waals surface area (Å²) in [4.78, 5) is 23.6. The van der Waals surface area contributed by atoms with Crippen LogP contribution in [0.2, 0.25) is 0 Å². The summed E-state index contributed by atoms with van der Waals surface area (Å²) in [5.74, 6) is -1.10. The maximum atomic E-state index is 11.8. The molecular formula is C16H22O6. The highest BCUT2D eigenvalue weighted by Crippen LogP contribution is 2.08. The first-order valence-corrected chi connectivity index (χ1v) is 7.28. The minimum atomic E-state index is -0.548. The van der Waals surface area contributed by atoms with Crippen LogP contribution in [0.25, 0.3) is 0 Å². The molecule has 1 aromatic carbocycles. The van der Waals surface area contributed by atoms with Crippen LogP contribution in [-0.4, -0.2) is 38.7 Å². The highest BCUT2D eigenvalue weighted by molar-refractivity contribution is 5.95. The third-order valence-corrected chi connectivity index (χ3v) is 2.58. The zero-order valence-corrected chi connectivity index (χ0v) is 13.0. The van der Waals surface area contributed by atoms with Gasteiger partial charge in [0.2, 0.25) is 0 Å². The van der Waals surface area contributed by atoms with Crippen molar-refractivity contribution in [1.29, 1.82) is 0 Å². The molecule has 22 heavy (non-hydrogen) atoms. The monoisotopic (exact) mass is 310 g/mol. The molecule has 0 atom stereocenters. The predicted octanol–water partition coefficient (Wildman–Crippen LogP) is 2.77. The summed E-state index contributed by atoms with van der Waals surface area (Å²) in [5, 5.41) is 0. The van der Waals surface area contributed by atoms with Crippen LogP contribution in [0.15, 0.2) is 24.3 Å². The maximum absolute atomic E-state index is 11.8. The summed E-state index contributed by atoms with van der Waals surface area (Å²) in [7, 11) is 0. The molecular weight excluding hydrogens is 288 g/mol. The molecule has 0 aromatic heterocycles. The minimum Gasteiger partial charge on any atom is -0.435 e. The molecule has 0 heterocycles. The lowest BCUT2D eigenvalue weighted by Crippen LogP contribution is -2.12. The molecule has 0 radical (unpaired) electrons. The lowest BCUT2D eigenvalue weighted by atomic mass is 10.1. The Kier molecular flexibility index (Phi) is 8.86. The van der Waals surface area contributed by atoms with E-state index in [1.807, 2.05) is 13.8 Å². The SMILES string of the molecule is CCCOCOC(=O)c1cccc(C(=O)OCOCCC)c1. The molecule has 0 aliphatic rings. The van der Waals surface area contributed by atoms with Crippen molar-refractivity contribution in [1.82, 2.24) is 0 Å². The first-order valence-electron chi connectivity index (χ1n) is 7.28. The molecule has 0 amide bonds. The molecule has 1 rings (SSSR count). The molecule has 0 spiro atoms. The van der Waals surface area contributed by atoms with Gasteiger partial charge in [-0.05, 0) is 31.0 Å². The van der Waals surface area contributed by atoms with Crippen molar-refractivity contribution in [3.63, 3.8) is 0 Å². The van der Waals surface area contributed by atoms with Crippen LogP contribution in [0, 0.1) is 0 Å². The van der Waals surface area contributed by atoms with Crippen molar-refractivity contribution in [2.45, 2.75) is 26.7 Å². The van der Waals surface area contributed by atoms with E-state index in [2.05, 4.69) is 0 Å². The van der Waals surface area contributed by atoms with E-state index in [1.54, 1.807) is 18.2 Å². The zero-order chi connectivity index (χ0) is 16.2. The second-order valence-electron chi connectivity index (χ2n) is 4.50. The van der Waals surface area contributed by atoms with E-state index in [9.17, 15) is 9.59 Å². The average molecular weight is 310 g/mol. The van der Waals surface area contributed by atoms with Crippen LogP contribution < -0.4 is 0 Å². The van der Waals surface area contributed by atoms with Gasteiger partial charge in [0.1, 0.15) is 0 Å². The van der Waals surface area contributed by atoms with Crippen molar-refractivity contribution >= 4 is 11.9 Å². The lowest BCUT2D eigenvalue weighted by molar-refractivity contribution is -0.0312. The molecule has 0 saturated carbocycles. The second-order valence-corrected chi connectivity index (χ2v) is 4.50. The third-order valence-electron chi connectivity index (χ3n) is 2.58. The molecule has 0 N–H and O–H groups in total. The van der Waals surface area contributed by atoms with Gasteiger partial charge in [-0.3, -0.25) is 0 Å². The molecule has 0 fully saturated rings. The second kappa shape index (κ2) is 10.8. The Balaban J connectivity index is 2.50. The Morgan fingerprint density at radius 1 is 0.864 bits per heavy atom. The Labute approximate surface area is 130 Å². The van der Waals surface area contributed by atoms with E-state index in [0.717, 1.165) is 12.8 Å². The summed E-state index contributed by atoms with van der Waals surface area (Å²) in [6.45, 7) is 4.76. The van der Waals surface area contributed by atoms with Gasteiger partial charge < -0.3 is 18.9 Å². The first-order chi connectivity index (χ1) is 10.7. The van der Waals surface area contributed by atoms with Gasteiger partial charge in [0.25, 0.3) is 0 Å². The number of rotatable bonds is 10. The van der Waals surface area contributed by atoms with E-state index in [4.69, 9.17) is 18.9 Å². The normalized spacial score (nSPS) is 10.3. The van der Waals surface area contributed by atoms with E-state index in [1.165, 1.54) is 6.07 Å².